The van der Waals surface area contributed by atoms with Crippen LogP contribution in [0.4, 0.5) is 5.00 Å². The summed E-state index contributed by atoms with van der Waals surface area (Å²) in [5, 5.41) is 5.91. The van der Waals surface area contributed by atoms with E-state index in [0.717, 1.165) is 44.2 Å². The fourth-order valence-corrected chi connectivity index (χ4v) is 7.23. The molecule has 1 saturated carbocycles. The third-order valence-electron chi connectivity index (χ3n) is 6.38. The van der Waals surface area contributed by atoms with Crippen LogP contribution in [0.2, 0.25) is 0 Å². The van der Waals surface area contributed by atoms with Crippen molar-refractivity contribution in [2.75, 3.05) is 18.4 Å². The lowest BCUT2D eigenvalue weighted by atomic mass is 9.95. The normalized spacial score (nSPS) is 23.7. The van der Waals surface area contributed by atoms with Gasteiger partial charge < -0.3 is 16.0 Å². The summed E-state index contributed by atoms with van der Waals surface area (Å²) in [5.74, 6) is 0.297. The molecular weight excluding hydrogens is 390 g/mol. The number of carbonyl (C=O) groups excluding carboxylic acids is 2. The van der Waals surface area contributed by atoms with Crippen LogP contribution in [0.3, 0.4) is 0 Å². The topological polar surface area (TPSA) is 76.6 Å². The van der Waals surface area contributed by atoms with Crippen LogP contribution in [0.1, 0.15) is 63.0 Å². The van der Waals surface area contributed by atoms with Crippen molar-refractivity contribution in [1.82, 2.24) is 0 Å². The zero-order chi connectivity index (χ0) is 19.3. The molecule has 0 spiro atoms. The van der Waals surface area contributed by atoms with E-state index in [1.165, 1.54) is 33.1 Å². The molecule has 148 valence electrons. The summed E-state index contributed by atoms with van der Waals surface area (Å²) in [5.41, 5.74) is 8.76. The van der Waals surface area contributed by atoms with Gasteiger partial charge in [-0.25, -0.2) is 0 Å². The van der Waals surface area contributed by atoms with Gasteiger partial charge >= 0.3 is 0 Å². The Bertz CT molecular complexity index is 928. The van der Waals surface area contributed by atoms with Crippen molar-refractivity contribution in [2.45, 2.75) is 51.0 Å². The molecule has 0 bridgehead atoms. The number of thiophene rings is 2. The van der Waals surface area contributed by atoms with Crippen LogP contribution in [0.15, 0.2) is 11.4 Å². The molecule has 4 N–H and O–H groups in total. The summed E-state index contributed by atoms with van der Waals surface area (Å²) in [7, 11) is 0. The monoisotopic (exact) mass is 416 g/mol. The van der Waals surface area contributed by atoms with E-state index in [0.29, 0.717) is 29.1 Å². The van der Waals surface area contributed by atoms with Crippen LogP contribution in [0.25, 0.3) is 0 Å². The second-order valence-corrected chi connectivity index (χ2v) is 10.4. The molecule has 1 aliphatic heterocycles. The van der Waals surface area contributed by atoms with Crippen molar-refractivity contribution in [1.29, 1.82) is 0 Å². The van der Waals surface area contributed by atoms with Gasteiger partial charge in [0.1, 0.15) is 11.0 Å². The van der Waals surface area contributed by atoms with Gasteiger partial charge in [-0.3, -0.25) is 9.59 Å². The summed E-state index contributed by atoms with van der Waals surface area (Å²) in [6.07, 6.45) is 7.70. The Labute approximate surface area is 172 Å². The fraction of sp³-hybridized carbons (Fsp3) is 0.524. The van der Waals surface area contributed by atoms with Gasteiger partial charge in [-0.1, -0.05) is 0 Å². The van der Waals surface area contributed by atoms with Crippen molar-refractivity contribution >= 4 is 39.5 Å². The number of hydrogen-bond acceptors (Lipinski definition) is 4. The van der Waals surface area contributed by atoms with Crippen molar-refractivity contribution in [3.05, 3.63) is 37.9 Å². The Morgan fingerprint density at radius 1 is 1.18 bits per heavy atom. The van der Waals surface area contributed by atoms with Gasteiger partial charge in [0, 0.05) is 27.7 Å². The number of carbonyl (C=O) groups is 2. The molecule has 0 saturated heterocycles. The number of rotatable bonds is 5. The Morgan fingerprint density at radius 3 is 2.79 bits per heavy atom. The van der Waals surface area contributed by atoms with Crippen molar-refractivity contribution < 1.29 is 14.5 Å². The molecule has 2 aromatic heterocycles. The van der Waals surface area contributed by atoms with Crippen LogP contribution in [0, 0.1) is 5.92 Å². The maximum Gasteiger partial charge on any atom is 0.280 e. The van der Waals surface area contributed by atoms with E-state index in [9.17, 15) is 9.59 Å². The second kappa shape index (κ2) is 7.28. The third kappa shape index (κ3) is 3.29. The minimum atomic E-state index is -0.418. The smallest absolute Gasteiger partial charge is 0.280 e. The predicted molar refractivity (Wildman–Crippen MR) is 112 cm³/mol. The van der Waals surface area contributed by atoms with Crippen LogP contribution < -0.4 is 16.0 Å². The average molecular weight is 417 g/mol. The molecule has 28 heavy (non-hydrogen) atoms. The quantitative estimate of drug-likeness (QED) is 0.700. The Balaban J connectivity index is 1.34. The summed E-state index contributed by atoms with van der Waals surface area (Å²) in [6.45, 7) is 1.46. The molecule has 0 radical (unpaired) electrons. The molecule has 3 aliphatic rings. The van der Waals surface area contributed by atoms with Crippen molar-refractivity contribution in [3.8, 4) is 0 Å². The van der Waals surface area contributed by atoms with E-state index in [4.69, 9.17) is 5.73 Å². The van der Waals surface area contributed by atoms with E-state index in [-0.39, 0.29) is 5.91 Å². The molecule has 5 rings (SSSR count). The van der Waals surface area contributed by atoms with Gasteiger partial charge in [-0.2, -0.15) is 0 Å². The first-order valence-corrected chi connectivity index (χ1v) is 12.0. The van der Waals surface area contributed by atoms with E-state index in [2.05, 4.69) is 16.8 Å². The molecule has 1 unspecified atom stereocenters. The standard InChI is InChI=1S/C21H25N3O2S2/c22-20(26)18-13-3-1-2-4-16(13)28-21(18)23-17(25)11-24-9-7-15-14(8-10-27-15)19(24)12-5-6-12/h8,10,12,19H,1-7,9,11H2,(H2,22,26)(H,23,25)/p+1/t19-/m0/s1. The Kier molecular flexibility index (Phi) is 4.77. The minimum Gasteiger partial charge on any atom is -0.365 e. The van der Waals surface area contributed by atoms with Crippen LogP contribution in [-0.2, 0) is 24.1 Å². The number of nitrogens with one attached hydrogen (secondary N) is 2. The maximum atomic E-state index is 12.9. The number of amides is 2. The summed E-state index contributed by atoms with van der Waals surface area (Å²) in [6, 6.07) is 2.71. The highest BCUT2D eigenvalue weighted by molar-refractivity contribution is 7.17. The first-order valence-electron chi connectivity index (χ1n) is 10.3. The molecule has 2 amide bonds. The van der Waals surface area contributed by atoms with Gasteiger partial charge in [-0.15, -0.1) is 22.7 Å². The molecule has 3 heterocycles. The van der Waals surface area contributed by atoms with E-state index in [1.807, 2.05) is 11.3 Å². The molecule has 2 aromatic rings. The molecule has 0 aromatic carbocycles. The van der Waals surface area contributed by atoms with E-state index < -0.39 is 5.91 Å². The van der Waals surface area contributed by atoms with E-state index >= 15 is 0 Å². The number of anilines is 1. The van der Waals surface area contributed by atoms with Gasteiger partial charge in [0.05, 0.1) is 12.1 Å². The Morgan fingerprint density at radius 2 is 2.00 bits per heavy atom. The van der Waals surface area contributed by atoms with Gasteiger partial charge in [-0.05, 0) is 55.5 Å². The fourth-order valence-electron chi connectivity index (χ4n) is 4.99. The highest BCUT2D eigenvalue weighted by Crippen LogP contribution is 2.42. The summed E-state index contributed by atoms with van der Waals surface area (Å²) < 4.78 is 0. The van der Waals surface area contributed by atoms with Gasteiger partial charge in [0.25, 0.3) is 11.8 Å². The van der Waals surface area contributed by atoms with Crippen LogP contribution in [0.5, 0.6) is 0 Å². The predicted octanol–water partition coefficient (Wildman–Crippen LogP) is 2.32. The molecule has 7 heteroatoms. The highest BCUT2D eigenvalue weighted by atomic mass is 32.1. The van der Waals surface area contributed by atoms with Crippen molar-refractivity contribution in [3.63, 3.8) is 0 Å². The maximum absolute atomic E-state index is 12.9. The second-order valence-electron chi connectivity index (χ2n) is 8.28. The van der Waals surface area contributed by atoms with Crippen molar-refractivity contribution in [2.24, 2.45) is 11.7 Å². The zero-order valence-corrected chi connectivity index (χ0v) is 17.5. The molecular formula is C21H26N3O2S2+. The lowest BCUT2D eigenvalue weighted by Crippen LogP contribution is -3.14. The first kappa shape index (κ1) is 18.3. The third-order valence-corrected chi connectivity index (χ3v) is 8.58. The van der Waals surface area contributed by atoms with E-state index in [1.54, 1.807) is 11.3 Å². The molecule has 2 aliphatic carbocycles. The highest BCUT2D eigenvalue weighted by Gasteiger charge is 2.43. The number of hydrogen-bond donors (Lipinski definition) is 3. The number of aryl methyl sites for hydroxylation is 1. The SMILES string of the molecule is NC(=O)c1c(NC(=O)C[NH+]2CCc3sccc3[C@@H]2C2CC2)sc2c1CCCC2. The minimum absolute atomic E-state index is 0.000395. The van der Waals surface area contributed by atoms with Crippen LogP contribution in [-0.4, -0.2) is 24.9 Å². The molecule has 2 atom stereocenters. The zero-order valence-electron chi connectivity index (χ0n) is 15.9. The first-order chi connectivity index (χ1) is 13.6. The van der Waals surface area contributed by atoms with Gasteiger partial charge in [0.2, 0.25) is 0 Å². The number of primary amides is 1. The van der Waals surface area contributed by atoms with Crippen LogP contribution >= 0.6 is 22.7 Å². The molecule has 1 fully saturated rings. The number of fused-ring (bicyclic) bond motifs is 2. The average Bonchev–Trinajstić information content (AvgIpc) is 3.26. The summed E-state index contributed by atoms with van der Waals surface area (Å²) >= 11 is 3.40. The molecule has 5 nitrogen and oxygen atoms in total. The number of nitrogens with two attached hydrogens (primary N) is 1. The van der Waals surface area contributed by atoms with Gasteiger partial charge in [0.15, 0.2) is 6.54 Å². The number of quaternary nitrogens is 1. The lowest BCUT2D eigenvalue weighted by Gasteiger charge is -2.32. The summed E-state index contributed by atoms with van der Waals surface area (Å²) in [4.78, 5) is 29.1. The largest absolute Gasteiger partial charge is 0.365 e. The lowest BCUT2D eigenvalue weighted by molar-refractivity contribution is -0.928. The Hall–Kier alpha value is -1.70.